The Morgan fingerprint density at radius 3 is 1.73 bits per heavy atom. The second kappa shape index (κ2) is 40.5. The van der Waals surface area contributed by atoms with Crippen LogP contribution in [0.5, 0.6) is 5.75 Å². The highest BCUT2D eigenvalue weighted by Gasteiger charge is 2.38. The molecule has 518 valence electrons. The highest BCUT2D eigenvalue weighted by atomic mass is 16.4. The first kappa shape index (κ1) is 79.7. The lowest BCUT2D eigenvalue weighted by atomic mass is 9.96. The van der Waals surface area contributed by atoms with E-state index in [0.29, 0.717) is 24.8 Å². The summed E-state index contributed by atoms with van der Waals surface area (Å²) in [6, 6.07) is -8.28. The van der Waals surface area contributed by atoms with Gasteiger partial charge in [0.2, 0.25) is 76.8 Å². The van der Waals surface area contributed by atoms with Gasteiger partial charge in [-0.3, -0.25) is 72.1 Å². The van der Waals surface area contributed by atoms with Crippen LogP contribution < -0.4 is 76.5 Å². The highest BCUT2D eigenvalue weighted by molar-refractivity contribution is 5.99. The molecule has 32 heteroatoms. The van der Waals surface area contributed by atoms with Crippen molar-refractivity contribution >= 4 is 88.7 Å². The fourth-order valence-corrected chi connectivity index (χ4v) is 9.64. The number of carboxylic acid groups (broad SMARTS) is 1. The Bertz CT molecular complexity index is 2830. The summed E-state index contributed by atoms with van der Waals surface area (Å²) in [5.41, 5.74) is 28.1. The summed E-state index contributed by atoms with van der Waals surface area (Å²) in [5.74, 6) is -13.8. The van der Waals surface area contributed by atoms with Crippen molar-refractivity contribution in [2.24, 2.45) is 51.4 Å². The molecule has 0 radical (unpaired) electrons. The van der Waals surface area contributed by atoms with Crippen molar-refractivity contribution in [3.63, 3.8) is 0 Å². The van der Waals surface area contributed by atoms with Crippen LogP contribution in [0.3, 0.4) is 0 Å². The molecule has 0 fully saturated rings. The number of phenols is 1. The van der Waals surface area contributed by atoms with E-state index in [9.17, 15) is 77.3 Å². The molecule has 0 saturated carbocycles. The molecule has 13 amide bonds. The molecule has 1 aliphatic heterocycles. The molecule has 1 aromatic rings. The number of hydrogen-bond donors (Lipinski definition) is 16. The number of benzene rings is 1. The minimum absolute atomic E-state index is 0.0280. The molecule has 0 unspecified atom stereocenters. The Morgan fingerprint density at radius 2 is 1.17 bits per heavy atom. The lowest BCUT2D eigenvalue weighted by molar-refractivity contribution is -0.143. The number of carboxylic acids is 1. The number of aliphatic imine (C=N–C) groups is 1. The van der Waals surface area contributed by atoms with Crippen LogP contribution in [-0.4, -0.2) is 177 Å². The molecular formula is C61H98N16O16. The van der Waals surface area contributed by atoms with E-state index in [4.69, 9.17) is 28.7 Å². The molecule has 1 heterocycles. The largest absolute Gasteiger partial charge is 0.508 e. The van der Waals surface area contributed by atoms with Crippen molar-refractivity contribution in [1.82, 2.24) is 52.8 Å². The van der Waals surface area contributed by atoms with Crippen molar-refractivity contribution in [2.45, 2.75) is 212 Å². The Kier molecular flexibility index (Phi) is 34.7. The van der Waals surface area contributed by atoms with E-state index in [1.54, 1.807) is 53.7 Å². The summed E-state index contributed by atoms with van der Waals surface area (Å²) >= 11 is 0. The summed E-state index contributed by atoms with van der Waals surface area (Å²) in [4.78, 5) is 194. The number of rotatable bonds is 37. The Balaban J connectivity index is 2.48. The molecular weight excluding hydrogens is 1210 g/mol. The first-order chi connectivity index (χ1) is 43.6. The third kappa shape index (κ3) is 30.1. The van der Waals surface area contributed by atoms with Crippen LogP contribution in [0.4, 0.5) is 0 Å². The van der Waals surface area contributed by atoms with Gasteiger partial charge in [0.05, 0.1) is 0 Å². The van der Waals surface area contributed by atoms with E-state index in [0.717, 1.165) is 0 Å². The van der Waals surface area contributed by atoms with Crippen LogP contribution in [0.2, 0.25) is 0 Å². The first-order valence-electron chi connectivity index (χ1n) is 31.2. The van der Waals surface area contributed by atoms with E-state index in [1.165, 1.54) is 43.0 Å². The molecule has 21 N–H and O–H groups in total. The highest BCUT2D eigenvalue weighted by Crippen LogP contribution is 2.17. The zero-order chi connectivity index (χ0) is 70.2. The van der Waals surface area contributed by atoms with Crippen LogP contribution in [-0.2, 0) is 73.5 Å². The smallest absolute Gasteiger partial charge is 0.303 e. The molecule has 93 heavy (non-hydrogen) atoms. The number of primary amides is 3. The summed E-state index contributed by atoms with van der Waals surface area (Å²) in [7, 11) is 0. The number of carbonyl (C=O) groups is 14. The number of aromatic hydroxyl groups is 1. The SMILES string of the molecule is CC[C@H](C)[C@H](NC(=O)[C@H](CCC(=O)O)NC(=O)[C@H](C)NC(=O)[C@H](CC(C)C)NC(=O)[C@H](CCC(N)=O)NC(=O)[C@H](CCCN=C(N)N)NC(=O)[C@H](C)N1C/C=C\CCCC(=O)N[C@@H](CCC(N)=O)C(=O)N[C@@H](CC(C)C)C1=O)C(=O)N[C@@H](Cc1ccc(O)cc1)C(N)=O. The Hall–Kier alpha value is -9.39. The van der Waals surface area contributed by atoms with E-state index in [-0.39, 0.29) is 88.0 Å². The number of nitrogens with zero attached hydrogens (tertiary/aromatic N) is 2. The van der Waals surface area contributed by atoms with E-state index in [2.05, 4.69) is 52.8 Å². The third-order valence-electron chi connectivity index (χ3n) is 15.1. The Morgan fingerprint density at radius 1 is 0.624 bits per heavy atom. The Labute approximate surface area is 541 Å². The number of nitrogens with two attached hydrogens (primary N) is 5. The molecule has 32 nitrogen and oxygen atoms in total. The fourth-order valence-electron chi connectivity index (χ4n) is 9.64. The molecule has 1 aromatic carbocycles. The van der Waals surface area contributed by atoms with Gasteiger partial charge in [-0.25, -0.2) is 0 Å². The van der Waals surface area contributed by atoms with E-state index < -0.39 is 175 Å². The van der Waals surface area contributed by atoms with Gasteiger partial charge >= 0.3 is 5.97 Å². The monoisotopic (exact) mass is 1310 g/mol. The van der Waals surface area contributed by atoms with Crippen LogP contribution in [0.25, 0.3) is 0 Å². The van der Waals surface area contributed by atoms with Gasteiger partial charge in [-0.2, -0.15) is 0 Å². The predicted molar refractivity (Wildman–Crippen MR) is 340 cm³/mol. The number of hydrogen-bond acceptors (Lipinski definition) is 16. The van der Waals surface area contributed by atoms with Crippen LogP contribution >= 0.6 is 0 Å². The lowest BCUT2D eigenvalue weighted by Crippen LogP contribution is -2.61. The number of amides is 13. The number of carbonyl (C=O) groups excluding carboxylic acids is 13. The molecule has 1 aliphatic rings. The van der Waals surface area contributed by atoms with Crippen molar-refractivity contribution in [1.29, 1.82) is 0 Å². The second-order valence-corrected chi connectivity index (χ2v) is 24.0. The molecule has 0 aliphatic carbocycles. The average Bonchev–Trinajstić information content (AvgIpc) is 0.980. The summed E-state index contributed by atoms with van der Waals surface area (Å²) in [6.07, 6.45) is 1.78. The van der Waals surface area contributed by atoms with Crippen LogP contribution in [0, 0.1) is 17.8 Å². The molecule has 0 saturated heterocycles. The minimum atomic E-state index is -1.62. The molecule has 11 atom stereocenters. The first-order valence-corrected chi connectivity index (χ1v) is 31.2. The number of aliphatic carboxylic acids is 1. The number of guanidine groups is 1. The molecule has 0 bridgehead atoms. The quantitative estimate of drug-likeness (QED) is 0.0140. The van der Waals surface area contributed by atoms with Crippen molar-refractivity contribution in [2.75, 3.05) is 13.1 Å². The third-order valence-corrected chi connectivity index (χ3v) is 15.1. The van der Waals surface area contributed by atoms with E-state index in [1.807, 2.05) is 0 Å². The summed E-state index contributed by atoms with van der Waals surface area (Å²) in [5, 5.41) is 42.4. The normalized spacial score (nSPS) is 17.9. The van der Waals surface area contributed by atoms with Crippen LogP contribution in [0.1, 0.15) is 151 Å². The van der Waals surface area contributed by atoms with Crippen molar-refractivity contribution in [3.05, 3.63) is 42.0 Å². The molecule has 2 rings (SSSR count). The second-order valence-electron chi connectivity index (χ2n) is 24.0. The van der Waals surface area contributed by atoms with Gasteiger partial charge in [-0.05, 0) is 107 Å². The summed E-state index contributed by atoms with van der Waals surface area (Å²) in [6.45, 7) is 12.8. The lowest BCUT2D eigenvalue weighted by Gasteiger charge is -2.33. The zero-order valence-corrected chi connectivity index (χ0v) is 54.4. The van der Waals surface area contributed by atoms with Crippen LogP contribution in [0.15, 0.2) is 41.4 Å². The van der Waals surface area contributed by atoms with E-state index >= 15 is 0 Å². The maximum absolute atomic E-state index is 14.6. The maximum atomic E-state index is 14.6. The van der Waals surface area contributed by atoms with Gasteiger partial charge in [0, 0.05) is 45.2 Å². The topological polar surface area (TPSA) is 533 Å². The van der Waals surface area contributed by atoms with Gasteiger partial charge in [-0.15, -0.1) is 0 Å². The standard InChI is InChI=1S/C61H98N16O16/c1-9-34(6)50(59(92)73-43(51(64)84)31-37-17-19-38(78)20-18-37)76-57(90)42(23-26-49(82)83)70-52(85)35(7)68-58(91)44(29-32(2)3)74-56(89)41(22-25-47(63)80)72-54(87)39(15-14-27-67-61(65)66)71-53(86)36(8)77-28-13-11-10-12-16-48(81)69-40(21-24-46(62)79)55(88)75-45(60(77)93)30-33(4)5/h11,13,17-20,32-36,39-45,50,78H,9-10,12,14-16,21-31H2,1-8H3,(H2,62,79)(H2,63,80)(H2,64,84)(H,68,91)(H,69,81)(H,70,85)(H,71,86)(H,72,87)(H,73,92)(H,74,89)(H,75,88)(H,76,90)(H,82,83)(H4,65,66,67)/b13-11-/t34-,35-,36-,39-,40-,41-,42-,43-,44-,45-,50-/m0/s1. The van der Waals surface area contributed by atoms with Crippen molar-refractivity contribution < 1.29 is 77.3 Å². The predicted octanol–water partition coefficient (Wildman–Crippen LogP) is -2.65. The number of phenolic OH excluding ortho intramolecular Hbond substituents is 1. The maximum Gasteiger partial charge on any atom is 0.303 e. The molecule has 0 aromatic heterocycles. The zero-order valence-electron chi connectivity index (χ0n) is 54.4. The average molecular weight is 1310 g/mol. The van der Waals surface area contributed by atoms with Gasteiger partial charge in [0.25, 0.3) is 0 Å². The van der Waals surface area contributed by atoms with Gasteiger partial charge in [-0.1, -0.05) is 72.2 Å². The van der Waals surface area contributed by atoms with Gasteiger partial charge < -0.3 is 91.6 Å². The summed E-state index contributed by atoms with van der Waals surface area (Å²) < 4.78 is 0. The van der Waals surface area contributed by atoms with Crippen molar-refractivity contribution in [3.8, 4) is 5.75 Å². The van der Waals surface area contributed by atoms with Gasteiger partial charge in [0.1, 0.15) is 66.2 Å². The number of nitrogens with one attached hydrogen (secondary N) is 9. The minimum Gasteiger partial charge on any atom is -0.508 e. The molecule has 0 spiro atoms. The van der Waals surface area contributed by atoms with Gasteiger partial charge in [0.15, 0.2) is 5.96 Å². The fraction of sp³-hybridized carbons (Fsp3) is 0.623. The number of allylic oxidation sites excluding steroid dienone is 1.